The lowest BCUT2D eigenvalue weighted by Crippen LogP contribution is -2.38. The fourth-order valence-corrected chi connectivity index (χ4v) is 4.59. The fraction of sp³-hybridized carbons (Fsp3) is 0.433. The zero-order valence-electron chi connectivity index (χ0n) is 23.2. The Morgan fingerprint density at radius 1 is 1.05 bits per heavy atom. The molecule has 0 saturated carbocycles. The summed E-state index contributed by atoms with van der Waals surface area (Å²) in [5.74, 6) is -1.08. The summed E-state index contributed by atoms with van der Waals surface area (Å²) in [6.45, 7) is 10.9. The molecule has 3 rings (SSSR count). The summed E-state index contributed by atoms with van der Waals surface area (Å²) in [4.78, 5) is 41.4. The van der Waals surface area contributed by atoms with Crippen LogP contribution in [-0.4, -0.2) is 71.9 Å². The number of nitrogens with zero attached hydrogens (tertiary/aromatic N) is 2. The highest BCUT2D eigenvalue weighted by atomic mass is 16.5. The van der Waals surface area contributed by atoms with Gasteiger partial charge in [-0.1, -0.05) is 39.3 Å². The van der Waals surface area contributed by atoms with Crippen molar-refractivity contribution in [3.63, 3.8) is 0 Å². The van der Waals surface area contributed by atoms with Crippen molar-refractivity contribution >= 4 is 23.4 Å². The Kier molecular flexibility index (Phi) is 10.5. The minimum absolute atomic E-state index is 0.0319. The molecule has 0 spiro atoms. The Bertz CT molecular complexity index is 1200. The molecule has 1 fully saturated rings. The standard InChI is InChI=1S/C30H39N3O6/c1-5-8-17-38-24-14-11-22(18-20(24)4)28(35)26-27(21-9-12-23(13-10-21)39-19-25(31)34)33(30(37)29(26)36)16-15-32(6-2)7-3/h9-14,18,27,35H,5-8,15-17,19H2,1-4H3,(H2,31,34)/b28-26+. The highest BCUT2D eigenvalue weighted by Crippen LogP contribution is 2.40. The van der Waals surface area contributed by atoms with Crippen LogP contribution >= 0.6 is 0 Å². The van der Waals surface area contributed by atoms with Gasteiger partial charge >= 0.3 is 0 Å². The topological polar surface area (TPSA) is 122 Å². The average Bonchev–Trinajstić information content (AvgIpc) is 3.18. The molecule has 1 atom stereocenters. The second-order valence-electron chi connectivity index (χ2n) is 9.53. The van der Waals surface area contributed by atoms with Gasteiger partial charge < -0.3 is 30.1 Å². The van der Waals surface area contributed by atoms with Crippen LogP contribution in [0.5, 0.6) is 11.5 Å². The molecule has 2 aromatic rings. The zero-order chi connectivity index (χ0) is 28.5. The van der Waals surface area contributed by atoms with E-state index in [0.29, 0.717) is 42.3 Å². The van der Waals surface area contributed by atoms with Gasteiger partial charge in [0.15, 0.2) is 6.61 Å². The molecule has 1 aliphatic heterocycles. The second kappa shape index (κ2) is 13.8. The second-order valence-corrected chi connectivity index (χ2v) is 9.53. The van der Waals surface area contributed by atoms with Crippen LogP contribution < -0.4 is 15.2 Å². The minimum atomic E-state index is -0.786. The lowest BCUT2D eigenvalue weighted by Gasteiger charge is -2.28. The SMILES string of the molecule is CCCCOc1ccc(/C(O)=C2\C(=O)C(=O)N(CCN(CC)CC)C2c2ccc(OCC(N)=O)cc2)cc1C. The first-order valence-corrected chi connectivity index (χ1v) is 13.5. The molecular weight excluding hydrogens is 498 g/mol. The number of rotatable bonds is 14. The minimum Gasteiger partial charge on any atom is -0.507 e. The lowest BCUT2D eigenvalue weighted by molar-refractivity contribution is -0.140. The molecule has 210 valence electrons. The van der Waals surface area contributed by atoms with Crippen molar-refractivity contribution in [2.75, 3.05) is 39.4 Å². The molecule has 2 amide bonds. The van der Waals surface area contributed by atoms with E-state index in [-0.39, 0.29) is 17.9 Å². The molecule has 0 aromatic heterocycles. The predicted molar refractivity (Wildman–Crippen MR) is 150 cm³/mol. The van der Waals surface area contributed by atoms with Crippen LogP contribution in [0.3, 0.4) is 0 Å². The summed E-state index contributed by atoms with van der Waals surface area (Å²) < 4.78 is 11.2. The van der Waals surface area contributed by atoms with Crippen LogP contribution in [0.1, 0.15) is 56.3 Å². The maximum absolute atomic E-state index is 13.3. The van der Waals surface area contributed by atoms with Crippen molar-refractivity contribution in [2.24, 2.45) is 5.73 Å². The molecule has 2 aromatic carbocycles. The van der Waals surface area contributed by atoms with Gasteiger partial charge in [0.25, 0.3) is 17.6 Å². The molecule has 9 heteroatoms. The number of aliphatic hydroxyl groups excluding tert-OH is 1. The number of aliphatic hydroxyl groups is 1. The quantitative estimate of drug-likeness (QED) is 0.163. The average molecular weight is 538 g/mol. The number of likely N-dealkylation sites (N-methyl/N-ethyl adjacent to an activating group) is 1. The Morgan fingerprint density at radius 3 is 2.33 bits per heavy atom. The first-order chi connectivity index (χ1) is 18.7. The van der Waals surface area contributed by atoms with Crippen LogP contribution in [0.25, 0.3) is 5.76 Å². The van der Waals surface area contributed by atoms with Gasteiger partial charge in [-0.15, -0.1) is 0 Å². The highest BCUT2D eigenvalue weighted by Gasteiger charge is 2.46. The van der Waals surface area contributed by atoms with E-state index in [2.05, 4.69) is 11.8 Å². The van der Waals surface area contributed by atoms with E-state index in [9.17, 15) is 19.5 Å². The van der Waals surface area contributed by atoms with Crippen LogP contribution in [-0.2, 0) is 14.4 Å². The van der Waals surface area contributed by atoms with Crippen LogP contribution in [0.4, 0.5) is 0 Å². The smallest absolute Gasteiger partial charge is 0.295 e. The monoisotopic (exact) mass is 537 g/mol. The molecule has 1 saturated heterocycles. The third-order valence-electron chi connectivity index (χ3n) is 6.87. The van der Waals surface area contributed by atoms with Crippen LogP contribution in [0, 0.1) is 6.92 Å². The van der Waals surface area contributed by atoms with E-state index in [0.717, 1.165) is 31.5 Å². The van der Waals surface area contributed by atoms with E-state index in [1.807, 2.05) is 20.8 Å². The van der Waals surface area contributed by atoms with Gasteiger partial charge in [0, 0.05) is 18.7 Å². The number of nitrogens with two attached hydrogens (primary N) is 1. The van der Waals surface area contributed by atoms with Gasteiger partial charge in [-0.05, 0) is 67.9 Å². The van der Waals surface area contributed by atoms with Gasteiger partial charge in [-0.2, -0.15) is 0 Å². The van der Waals surface area contributed by atoms with E-state index in [1.165, 1.54) is 4.90 Å². The van der Waals surface area contributed by atoms with Crippen molar-refractivity contribution < 1.29 is 29.0 Å². The molecule has 3 N–H and O–H groups in total. The van der Waals surface area contributed by atoms with Crippen molar-refractivity contribution in [1.82, 2.24) is 9.80 Å². The number of benzene rings is 2. The van der Waals surface area contributed by atoms with E-state index >= 15 is 0 Å². The van der Waals surface area contributed by atoms with Gasteiger partial charge in [0.1, 0.15) is 17.3 Å². The molecular formula is C30H39N3O6. The summed E-state index contributed by atoms with van der Waals surface area (Å²) in [6, 6.07) is 11.2. The number of primary amides is 1. The number of carbonyl (C=O) groups excluding carboxylic acids is 3. The maximum atomic E-state index is 13.3. The molecule has 9 nitrogen and oxygen atoms in total. The summed E-state index contributed by atoms with van der Waals surface area (Å²) >= 11 is 0. The molecule has 0 radical (unpaired) electrons. The number of amides is 2. The van der Waals surface area contributed by atoms with Crippen molar-refractivity contribution in [3.05, 3.63) is 64.7 Å². The summed E-state index contributed by atoms with van der Waals surface area (Å²) in [7, 11) is 0. The molecule has 1 heterocycles. The molecule has 1 unspecified atom stereocenters. The van der Waals surface area contributed by atoms with E-state index < -0.39 is 23.6 Å². The Morgan fingerprint density at radius 2 is 1.74 bits per heavy atom. The number of likely N-dealkylation sites (tertiary alicyclic amines) is 1. The number of unbranched alkanes of at least 4 members (excludes halogenated alkanes) is 1. The van der Waals surface area contributed by atoms with Gasteiger partial charge in [-0.3, -0.25) is 14.4 Å². The number of hydrogen-bond donors (Lipinski definition) is 2. The first-order valence-electron chi connectivity index (χ1n) is 13.5. The first kappa shape index (κ1) is 29.7. The third-order valence-corrected chi connectivity index (χ3v) is 6.87. The van der Waals surface area contributed by atoms with E-state index in [1.54, 1.807) is 42.5 Å². The normalized spacial score (nSPS) is 16.6. The molecule has 1 aliphatic rings. The number of ether oxygens (including phenoxy) is 2. The predicted octanol–water partition coefficient (Wildman–Crippen LogP) is 3.80. The molecule has 0 aliphatic carbocycles. The van der Waals surface area contributed by atoms with Crippen LogP contribution in [0.2, 0.25) is 0 Å². The van der Waals surface area contributed by atoms with E-state index in [4.69, 9.17) is 15.2 Å². The number of Topliss-reactive ketones (excluding diaryl/α,β-unsaturated/α-hetero) is 1. The number of carbonyl (C=O) groups is 3. The van der Waals surface area contributed by atoms with Crippen LogP contribution in [0.15, 0.2) is 48.0 Å². The Hall–Kier alpha value is -3.85. The number of aryl methyl sites for hydroxylation is 1. The largest absolute Gasteiger partial charge is 0.507 e. The summed E-state index contributed by atoms with van der Waals surface area (Å²) in [5, 5.41) is 11.4. The Balaban J connectivity index is 2.02. The third kappa shape index (κ3) is 7.17. The zero-order valence-corrected chi connectivity index (χ0v) is 23.2. The lowest BCUT2D eigenvalue weighted by atomic mass is 9.94. The number of ketones is 1. The molecule has 0 bridgehead atoms. The van der Waals surface area contributed by atoms with Crippen molar-refractivity contribution in [1.29, 1.82) is 0 Å². The Labute approximate surface area is 230 Å². The summed E-state index contributed by atoms with van der Waals surface area (Å²) in [5.41, 5.74) is 7.09. The number of hydrogen-bond acceptors (Lipinski definition) is 7. The van der Waals surface area contributed by atoms with Gasteiger partial charge in [0.05, 0.1) is 18.2 Å². The maximum Gasteiger partial charge on any atom is 0.295 e. The van der Waals surface area contributed by atoms with Gasteiger partial charge in [-0.25, -0.2) is 0 Å². The molecule has 39 heavy (non-hydrogen) atoms. The van der Waals surface area contributed by atoms with Crippen molar-refractivity contribution in [3.8, 4) is 11.5 Å². The highest BCUT2D eigenvalue weighted by molar-refractivity contribution is 6.46. The van der Waals surface area contributed by atoms with Crippen molar-refractivity contribution in [2.45, 2.75) is 46.6 Å². The van der Waals surface area contributed by atoms with Gasteiger partial charge in [0.2, 0.25) is 0 Å². The fourth-order valence-electron chi connectivity index (χ4n) is 4.59. The summed E-state index contributed by atoms with van der Waals surface area (Å²) in [6.07, 6.45) is 1.95.